The number of aryl methyl sites for hydroxylation is 1. The maximum absolute atomic E-state index is 5.38. The van der Waals surface area contributed by atoms with Gasteiger partial charge in [-0.25, -0.2) is 9.97 Å². The van der Waals surface area contributed by atoms with Crippen molar-refractivity contribution in [3.8, 4) is 17.2 Å². The van der Waals surface area contributed by atoms with Crippen LogP contribution in [0.1, 0.15) is 5.89 Å². The molecule has 0 aliphatic carbocycles. The number of hydrogen-bond acceptors (Lipinski definition) is 4. The highest BCUT2D eigenvalue weighted by Gasteiger charge is 2.09. The maximum Gasteiger partial charge on any atom is 0.224 e. The van der Waals surface area contributed by atoms with Crippen LogP contribution in [0, 0.1) is 6.92 Å². The van der Waals surface area contributed by atoms with E-state index in [4.69, 9.17) is 9.15 Å². The lowest BCUT2D eigenvalue weighted by molar-refractivity contribution is 0.397. The van der Waals surface area contributed by atoms with Crippen molar-refractivity contribution in [1.29, 1.82) is 0 Å². The highest BCUT2D eigenvalue weighted by molar-refractivity contribution is 5.62. The molecule has 2 aromatic heterocycles. The van der Waals surface area contributed by atoms with Crippen molar-refractivity contribution < 1.29 is 9.15 Å². The smallest absolute Gasteiger partial charge is 0.224 e. The molecule has 0 N–H and O–H groups in total. The van der Waals surface area contributed by atoms with Crippen LogP contribution in [-0.4, -0.2) is 17.1 Å². The van der Waals surface area contributed by atoms with E-state index >= 15 is 0 Å². The molecule has 4 heteroatoms. The highest BCUT2D eigenvalue weighted by atomic mass is 16.5. The first-order valence-electron chi connectivity index (χ1n) is 4.23. The summed E-state index contributed by atoms with van der Waals surface area (Å²) >= 11 is 0. The van der Waals surface area contributed by atoms with E-state index in [2.05, 4.69) is 9.97 Å². The number of pyridine rings is 1. The predicted molar refractivity (Wildman–Crippen MR) is 51.0 cm³/mol. The Morgan fingerprint density at radius 2 is 2.21 bits per heavy atom. The Bertz CT molecular complexity index is 437. The van der Waals surface area contributed by atoms with E-state index in [-0.39, 0.29) is 0 Å². The van der Waals surface area contributed by atoms with Crippen LogP contribution >= 0.6 is 0 Å². The zero-order valence-electron chi connectivity index (χ0n) is 8.02. The highest BCUT2D eigenvalue weighted by Crippen LogP contribution is 2.27. The number of nitrogens with zero attached hydrogens (tertiary/aromatic N) is 2. The van der Waals surface area contributed by atoms with Gasteiger partial charge in [0.15, 0.2) is 11.7 Å². The van der Waals surface area contributed by atoms with E-state index in [1.807, 2.05) is 12.1 Å². The molecule has 2 aromatic rings. The van der Waals surface area contributed by atoms with E-state index in [9.17, 15) is 0 Å². The molecule has 14 heavy (non-hydrogen) atoms. The molecular weight excluding hydrogens is 180 g/mol. The van der Waals surface area contributed by atoms with E-state index in [1.54, 1.807) is 26.4 Å². The molecule has 0 saturated carbocycles. The molecule has 2 heterocycles. The van der Waals surface area contributed by atoms with Gasteiger partial charge in [0.25, 0.3) is 0 Å². The number of ether oxygens (including phenoxy) is 1. The Balaban J connectivity index is 2.50. The molecular formula is C10H10N2O2. The predicted octanol–water partition coefficient (Wildman–Crippen LogP) is 2.05. The number of methoxy groups -OCH3 is 1. The molecule has 0 radical (unpaired) electrons. The fraction of sp³-hybridized carbons (Fsp3) is 0.200. The number of rotatable bonds is 2. The van der Waals surface area contributed by atoms with Crippen LogP contribution in [0.25, 0.3) is 11.3 Å². The molecule has 0 unspecified atom stereocenters. The van der Waals surface area contributed by atoms with Gasteiger partial charge < -0.3 is 9.15 Å². The summed E-state index contributed by atoms with van der Waals surface area (Å²) in [6, 6.07) is 3.71. The molecule has 0 aromatic carbocycles. The number of aromatic nitrogens is 2. The zero-order chi connectivity index (χ0) is 9.97. The van der Waals surface area contributed by atoms with Crippen LogP contribution in [0.2, 0.25) is 0 Å². The summed E-state index contributed by atoms with van der Waals surface area (Å²) in [4.78, 5) is 8.09. The lowest BCUT2D eigenvalue weighted by Crippen LogP contribution is -1.89. The fourth-order valence-corrected chi connectivity index (χ4v) is 1.23. The summed E-state index contributed by atoms with van der Waals surface area (Å²) in [5, 5.41) is 0. The zero-order valence-corrected chi connectivity index (χ0v) is 8.02. The second kappa shape index (κ2) is 3.49. The minimum atomic E-state index is 0.545. The van der Waals surface area contributed by atoms with Gasteiger partial charge in [-0.1, -0.05) is 0 Å². The summed E-state index contributed by atoms with van der Waals surface area (Å²) in [6.45, 7) is 1.80. The summed E-state index contributed by atoms with van der Waals surface area (Å²) in [5.74, 6) is 1.85. The van der Waals surface area contributed by atoms with Crippen molar-refractivity contribution in [2.45, 2.75) is 6.92 Å². The van der Waals surface area contributed by atoms with Crippen molar-refractivity contribution in [3.63, 3.8) is 0 Å². The van der Waals surface area contributed by atoms with Gasteiger partial charge in [0.2, 0.25) is 5.88 Å². The van der Waals surface area contributed by atoms with Crippen LogP contribution in [0.15, 0.2) is 28.9 Å². The third-order valence-corrected chi connectivity index (χ3v) is 1.85. The summed E-state index contributed by atoms with van der Waals surface area (Å²) in [5.41, 5.74) is 0.815. The van der Waals surface area contributed by atoms with Gasteiger partial charge in [0.1, 0.15) is 0 Å². The summed E-state index contributed by atoms with van der Waals surface area (Å²) < 4.78 is 10.5. The Morgan fingerprint density at radius 3 is 2.86 bits per heavy atom. The third kappa shape index (κ3) is 1.46. The van der Waals surface area contributed by atoms with Crippen molar-refractivity contribution in [1.82, 2.24) is 9.97 Å². The lowest BCUT2D eigenvalue weighted by Gasteiger charge is -2.02. The van der Waals surface area contributed by atoms with Crippen LogP contribution in [-0.2, 0) is 0 Å². The SMILES string of the molecule is COc1ncccc1-c1cnc(C)o1. The molecule has 0 fully saturated rings. The Hall–Kier alpha value is -1.84. The largest absolute Gasteiger partial charge is 0.480 e. The first-order valence-corrected chi connectivity index (χ1v) is 4.23. The van der Waals surface area contributed by atoms with Gasteiger partial charge in [0, 0.05) is 13.1 Å². The van der Waals surface area contributed by atoms with Crippen LogP contribution in [0.4, 0.5) is 0 Å². The standard InChI is InChI=1S/C10H10N2O2/c1-7-12-6-9(14-7)8-4-3-5-11-10(8)13-2/h3-6H,1-2H3. The first-order chi connectivity index (χ1) is 6.81. The molecule has 0 amide bonds. The second-order valence-electron chi connectivity index (χ2n) is 2.80. The van der Waals surface area contributed by atoms with Crippen molar-refractivity contribution in [2.75, 3.05) is 7.11 Å². The fourth-order valence-electron chi connectivity index (χ4n) is 1.23. The third-order valence-electron chi connectivity index (χ3n) is 1.85. The normalized spacial score (nSPS) is 10.1. The second-order valence-corrected chi connectivity index (χ2v) is 2.80. The van der Waals surface area contributed by atoms with Crippen molar-refractivity contribution in [3.05, 3.63) is 30.4 Å². The average molecular weight is 190 g/mol. The van der Waals surface area contributed by atoms with Crippen LogP contribution in [0.3, 0.4) is 0 Å². The molecule has 0 saturated heterocycles. The lowest BCUT2D eigenvalue weighted by atomic mass is 10.2. The maximum atomic E-state index is 5.38. The number of hydrogen-bond donors (Lipinski definition) is 0. The van der Waals surface area contributed by atoms with Gasteiger partial charge >= 0.3 is 0 Å². The van der Waals surface area contributed by atoms with E-state index in [0.717, 1.165) is 5.56 Å². The Labute approximate surface area is 81.6 Å². The molecule has 4 nitrogen and oxygen atoms in total. The number of oxazole rings is 1. The van der Waals surface area contributed by atoms with E-state index < -0.39 is 0 Å². The molecule has 0 bridgehead atoms. The quantitative estimate of drug-likeness (QED) is 0.727. The van der Waals surface area contributed by atoms with Gasteiger partial charge in [-0.3, -0.25) is 0 Å². The van der Waals surface area contributed by atoms with Crippen molar-refractivity contribution >= 4 is 0 Å². The topological polar surface area (TPSA) is 48.2 Å². The first kappa shape index (κ1) is 8.74. The molecule has 72 valence electrons. The van der Waals surface area contributed by atoms with Gasteiger partial charge in [-0.15, -0.1) is 0 Å². The van der Waals surface area contributed by atoms with Crippen LogP contribution in [0.5, 0.6) is 5.88 Å². The van der Waals surface area contributed by atoms with Gasteiger partial charge in [-0.2, -0.15) is 0 Å². The molecule has 0 aliphatic heterocycles. The summed E-state index contributed by atoms with van der Waals surface area (Å²) in [7, 11) is 1.58. The Kier molecular flexibility index (Phi) is 2.18. The van der Waals surface area contributed by atoms with Crippen molar-refractivity contribution in [2.24, 2.45) is 0 Å². The monoisotopic (exact) mass is 190 g/mol. The molecule has 2 rings (SSSR count). The minimum absolute atomic E-state index is 0.545. The molecule has 0 aliphatic rings. The minimum Gasteiger partial charge on any atom is -0.480 e. The Morgan fingerprint density at radius 1 is 1.36 bits per heavy atom. The van der Waals surface area contributed by atoms with Gasteiger partial charge in [0.05, 0.1) is 18.9 Å². The van der Waals surface area contributed by atoms with Crippen LogP contribution < -0.4 is 4.74 Å². The van der Waals surface area contributed by atoms with E-state index in [1.165, 1.54) is 0 Å². The van der Waals surface area contributed by atoms with Gasteiger partial charge in [-0.05, 0) is 12.1 Å². The molecule has 0 spiro atoms. The average Bonchev–Trinajstić information content (AvgIpc) is 2.65. The van der Waals surface area contributed by atoms with E-state index in [0.29, 0.717) is 17.5 Å². The molecule has 0 atom stereocenters. The summed E-state index contributed by atoms with van der Waals surface area (Å²) in [6.07, 6.45) is 3.33.